The second-order valence-electron chi connectivity index (χ2n) is 31.0. The first-order valence-electron chi connectivity index (χ1n) is 39.4. The van der Waals surface area contributed by atoms with E-state index in [4.69, 9.17) is 11.5 Å². The fraction of sp³-hybridized carbons (Fsp3) is 0.590. The van der Waals surface area contributed by atoms with Gasteiger partial charge in [-0.15, -0.1) is 0 Å². The van der Waals surface area contributed by atoms with Crippen LogP contribution < -0.4 is 64.6 Å². The summed E-state index contributed by atoms with van der Waals surface area (Å²) in [5.41, 5.74) is 13.7. The maximum absolute atomic E-state index is 14.7. The molecule has 10 atom stereocenters. The Bertz CT molecular complexity index is 3940. The highest BCUT2D eigenvalue weighted by Crippen LogP contribution is 2.22. The van der Waals surface area contributed by atoms with Gasteiger partial charge in [0, 0.05) is 113 Å². The molecule has 2 fully saturated rings. The molecule has 12 amide bonds. The molecule has 0 spiro atoms. The molecule has 0 aliphatic carbocycles. The third kappa shape index (κ3) is 32.7. The van der Waals surface area contributed by atoms with Crippen molar-refractivity contribution in [2.24, 2.45) is 29.2 Å². The van der Waals surface area contributed by atoms with E-state index in [1.54, 1.807) is 65.1 Å². The van der Waals surface area contributed by atoms with E-state index < -0.39 is 175 Å². The zero-order chi connectivity index (χ0) is 85.3. The smallest absolute Gasteiger partial charge is 0.320 e. The van der Waals surface area contributed by atoms with Crippen molar-refractivity contribution in [1.82, 2.24) is 87.7 Å². The summed E-state index contributed by atoms with van der Waals surface area (Å²) in [4.78, 5) is 218. The summed E-state index contributed by atoms with van der Waals surface area (Å²) < 4.78 is 0. The maximum atomic E-state index is 14.7. The number of para-hydroxylation sites is 1. The first-order chi connectivity index (χ1) is 55.0. The van der Waals surface area contributed by atoms with Crippen LogP contribution in [0.4, 0.5) is 0 Å². The highest BCUT2D eigenvalue weighted by atomic mass is 16.4. The number of amides is 12. The van der Waals surface area contributed by atoms with Crippen molar-refractivity contribution >= 4 is 99.7 Å². The number of benzene rings is 2. The van der Waals surface area contributed by atoms with Crippen LogP contribution >= 0.6 is 0 Å². The number of hydrogen-bond donors (Lipinski definition) is 18. The second-order valence-corrected chi connectivity index (χ2v) is 31.0. The van der Waals surface area contributed by atoms with Crippen LogP contribution in [0.15, 0.2) is 73.3 Å². The number of aromatic nitrogens is 3. The molecule has 2 aromatic heterocycles. The van der Waals surface area contributed by atoms with Gasteiger partial charge in [-0.1, -0.05) is 90.1 Å². The van der Waals surface area contributed by atoms with Crippen LogP contribution in [0.3, 0.4) is 0 Å². The van der Waals surface area contributed by atoms with Gasteiger partial charge in [-0.25, -0.2) is 4.98 Å². The predicted octanol–water partition coefficient (Wildman–Crippen LogP) is -2.52. The second kappa shape index (κ2) is 47.2. The number of piperidine rings is 1. The Morgan fingerprint density at radius 1 is 0.534 bits per heavy atom. The fourth-order valence-electron chi connectivity index (χ4n) is 13.9. The molecule has 638 valence electrons. The minimum absolute atomic E-state index is 0.00735. The van der Waals surface area contributed by atoms with E-state index in [9.17, 15) is 92.3 Å². The molecule has 0 radical (unpaired) electrons. The lowest BCUT2D eigenvalue weighted by Crippen LogP contribution is -2.59. The summed E-state index contributed by atoms with van der Waals surface area (Å²) in [6.45, 7) is 12.3. The van der Waals surface area contributed by atoms with Crippen LogP contribution in [-0.2, 0) is 91.2 Å². The first-order valence-corrected chi connectivity index (χ1v) is 39.4. The van der Waals surface area contributed by atoms with E-state index >= 15 is 0 Å². The average molecular weight is 1620 g/mol. The monoisotopic (exact) mass is 1620 g/mol. The van der Waals surface area contributed by atoms with E-state index in [0.717, 1.165) is 16.5 Å². The number of carbonyl (C=O) groups excluding carboxylic acids is 12. The highest BCUT2D eigenvalue weighted by molar-refractivity contribution is 5.98. The van der Waals surface area contributed by atoms with Crippen LogP contribution in [0.5, 0.6) is 0 Å². The van der Waals surface area contributed by atoms with Crippen LogP contribution in [0.2, 0.25) is 0 Å². The molecule has 6 rings (SSSR count). The Morgan fingerprint density at radius 2 is 1.09 bits per heavy atom. The number of aromatic amines is 2. The highest BCUT2D eigenvalue weighted by Gasteiger charge is 2.37. The van der Waals surface area contributed by atoms with Crippen molar-refractivity contribution in [2.75, 3.05) is 78.5 Å². The maximum Gasteiger partial charge on any atom is 0.320 e. The van der Waals surface area contributed by atoms with Gasteiger partial charge >= 0.3 is 17.9 Å². The quantitative estimate of drug-likeness (QED) is 0.0217. The largest absolute Gasteiger partial charge is 0.480 e. The number of primary amides is 2. The van der Waals surface area contributed by atoms with Gasteiger partial charge in [0.1, 0.15) is 48.3 Å². The standard InChI is InChI=1S/C78H117N19O19/c1-45(2)33-57(62(98)37-65(101)87-58(71(80)108)34-46(3)4)92-76(113)60(36-52-39-81-44-84-52)88-66(102)40-83-77(114)70(47(5)6)93-72(109)48(7)85-73(110)55(18-17-50-38-82-54-16-12-11-15-53(50)54)90-74(111)56(19-21-63(79)99)91-75(112)59(35-49-13-9-8-10-14-49)89-67(103)41-94-25-23-51(24-26-94)86-64(100)22-20-61(78(115)116)97-31-29-95(42-68(104)105)27-28-96(30-32-97)43-69(106)107/h8-16,38-39,44-48,51,55-62,70,82,98H,17-37,40-43H2,1-7H3,(H2,79,99)(H2,80,108)(H,81,84)(H,83,114)(H,85,110)(H,86,100)(H,87,101)(H,88,102)(H,89,103)(H,90,111)(H,91,112)(H,92,113)(H,93,109)(H,104,105)(H,106,107)(H,115,116)/t48-,55-,56-,57-,58-,59+,60?,61?,62-,70-/m0/s1. The summed E-state index contributed by atoms with van der Waals surface area (Å²) >= 11 is 0. The number of aliphatic hydroxyl groups is 1. The van der Waals surface area contributed by atoms with E-state index in [1.165, 1.54) is 19.4 Å². The van der Waals surface area contributed by atoms with Crippen molar-refractivity contribution in [3.63, 3.8) is 0 Å². The zero-order valence-electron chi connectivity index (χ0n) is 67.0. The SMILES string of the molecule is CC(C)C[C@H](NC(=O)C[C@H](O)[C@H](CC(C)C)NC(=O)C(Cc1cnc[nH]1)NC(=O)CNC(=O)[C@@H](NC(=O)[C@H](C)NC(=O)[C@H](CCc1c[nH]c2ccccc12)NC(=O)[C@H](CCC(N)=O)NC(=O)[C@@H](Cc1ccccc1)NC(=O)CN1CCC(NC(=O)CCC(C(=O)O)N2CCN(CC(=O)O)CCN(CC(=O)O)CC2)CC1)C(C)C)C(N)=O. The van der Waals surface area contributed by atoms with E-state index in [0.29, 0.717) is 37.2 Å². The van der Waals surface area contributed by atoms with Crippen LogP contribution in [0.1, 0.15) is 129 Å². The Labute approximate surface area is 673 Å². The van der Waals surface area contributed by atoms with Gasteiger partial charge in [-0.2, -0.15) is 0 Å². The summed E-state index contributed by atoms with van der Waals surface area (Å²) in [5, 5.41) is 68.3. The number of aliphatic carboxylic acids is 3. The number of carboxylic acid groups (broad SMARTS) is 3. The number of carbonyl (C=O) groups is 15. The number of fused-ring (bicyclic) bond motifs is 1. The average Bonchev–Trinajstić information content (AvgIpc) is 1.62. The van der Waals surface area contributed by atoms with Crippen LogP contribution in [0, 0.1) is 17.8 Å². The first kappa shape index (κ1) is 93.9. The van der Waals surface area contributed by atoms with Crippen molar-refractivity contribution < 1.29 is 92.3 Å². The Kier molecular flexibility index (Phi) is 38.2. The number of hydrogen-bond acceptors (Lipinski definition) is 21. The number of carboxylic acids is 3. The zero-order valence-corrected chi connectivity index (χ0v) is 67.0. The van der Waals surface area contributed by atoms with Gasteiger partial charge in [0.25, 0.3) is 0 Å². The van der Waals surface area contributed by atoms with Gasteiger partial charge in [0.15, 0.2) is 0 Å². The van der Waals surface area contributed by atoms with Crippen molar-refractivity contribution in [1.29, 1.82) is 0 Å². The molecule has 116 heavy (non-hydrogen) atoms. The Hall–Kier alpha value is -11.0. The molecular weight excluding hydrogens is 1510 g/mol. The van der Waals surface area contributed by atoms with Gasteiger partial charge < -0.3 is 95.0 Å². The number of aliphatic hydroxyl groups excluding tert-OH is 1. The number of aryl methyl sites for hydroxylation is 1. The number of rotatable bonds is 47. The lowest BCUT2D eigenvalue weighted by Gasteiger charge is -2.33. The molecule has 2 aliphatic heterocycles. The molecule has 2 aromatic carbocycles. The number of nitrogens with two attached hydrogens (primary N) is 2. The Morgan fingerprint density at radius 3 is 1.68 bits per heavy atom. The van der Waals surface area contributed by atoms with Gasteiger partial charge in [0.05, 0.1) is 51.1 Å². The fourth-order valence-corrected chi connectivity index (χ4v) is 13.9. The molecule has 38 nitrogen and oxygen atoms in total. The third-order valence-corrected chi connectivity index (χ3v) is 20.2. The molecule has 4 aromatic rings. The molecule has 20 N–H and O–H groups in total. The topological polar surface area (TPSA) is 567 Å². The lowest BCUT2D eigenvalue weighted by molar-refractivity contribution is -0.145. The number of nitrogens with one attached hydrogen (secondary N) is 12. The minimum Gasteiger partial charge on any atom is -0.480 e. The molecular formula is C78H117N19O19. The van der Waals surface area contributed by atoms with Crippen LogP contribution in [-0.4, -0.2) is 289 Å². The molecule has 2 unspecified atom stereocenters. The summed E-state index contributed by atoms with van der Waals surface area (Å²) in [6.07, 6.45) is 2.70. The Balaban J connectivity index is 1.09. The molecule has 0 saturated carbocycles. The number of imidazole rings is 1. The molecule has 4 heterocycles. The number of nitrogens with zero attached hydrogens (tertiary/aromatic N) is 5. The predicted molar refractivity (Wildman–Crippen MR) is 423 cm³/mol. The van der Waals surface area contributed by atoms with E-state index in [1.807, 2.05) is 56.9 Å². The van der Waals surface area contributed by atoms with Crippen molar-refractivity contribution in [3.8, 4) is 0 Å². The molecule has 2 saturated heterocycles. The van der Waals surface area contributed by atoms with E-state index in [-0.39, 0.29) is 135 Å². The van der Waals surface area contributed by atoms with Crippen LogP contribution in [0.25, 0.3) is 10.9 Å². The normalized spacial score (nSPS) is 16.7. The minimum atomic E-state index is -1.55. The van der Waals surface area contributed by atoms with Gasteiger partial charge in [-0.3, -0.25) is 91.5 Å². The number of likely N-dealkylation sites (tertiary alicyclic amines) is 1. The van der Waals surface area contributed by atoms with Crippen molar-refractivity contribution in [2.45, 2.75) is 198 Å². The molecule has 38 heteroatoms. The number of H-pyrrole nitrogens is 2. The van der Waals surface area contributed by atoms with Crippen molar-refractivity contribution in [3.05, 3.63) is 90.1 Å². The summed E-state index contributed by atoms with van der Waals surface area (Å²) in [5.74, 6) is -13.2. The third-order valence-electron chi connectivity index (χ3n) is 20.2. The summed E-state index contributed by atoms with van der Waals surface area (Å²) in [7, 11) is 0. The molecule has 0 bridgehead atoms. The van der Waals surface area contributed by atoms with Gasteiger partial charge in [-0.05, 0) is 93.2 Å². The summed E-state index contributed by atoms with van der Waals surface area (Å²) in [6, 6.07) is 4.21. The van der Waals surface area contributed by atoms with E-state index in [2.05, 4.69) is 68.1 Å². The lowest BCUT2D eigenvalue weighted by atomic mass is 9.96. The van der Waals surface area contributed by atoms with Gasteiger partial charge in [0.2, 0.25) is 70.9 Å². The molecule has 2 aliphatic rings.